The number of hydrogen-bond acceptors (Lipinski definition) is 6. The third-order valence-corrected chi connectivity index (χ3v) is 12.4. The van der Waals surface area contributed by atoms with Crippen molar-refractivity contribution in [2.24, 2.45) is 0 Å². The zero-order chi connectivity index (χ0) is 53.6. The largest absolute Gasteiger partial charge is 0.462 e. The van der Waals surface area contributed by atoms with Gasteiger partial charge in [0.2, 0.25) is 0 Å². The van der Waals surface area contributed by atoms with Crippen molar-refractivity contribution in [2.75, 3.05) is 13.2 Å². The average molecular weight is 1020 g/mol. The zero-order valence-electron chi connectivity index (χ0n) is 47.8. The molecule has 0 N–H and O–H groups in total. The number of unbranched alkanes of at least 4 members (excludes halogenated alkanes) is 20. The number of allylic oxidation sites excluding steroid dienone is 22. The van der Waals surface area contributed by atoms with Gasteiger partial charge >= 0.3 is 17.9 Å². The molecule has 6 heteroatoms. The lowest BCUT2D eigenvalue weighted by Crippen LogP contribution is -2.30. The Kier molecular flexibility index (Phi) is 57.4. The van der Waals surface area contributed by atoms with Crippen LogP contribution in [0.4, 0.5) is 0 Å². The minimum atomic E-state index is -0.810. The Labute approximate surface area is 455 Å². The van der Waals surface area contributed by atoms with Crippen LogP contribution in [-0.4, -0.2) is 37.2 Å². The smallest absolute Gasteiger partial charge is 0.306 e. The quantitative estimate of drug-likeness (QED) is 0.0261. The second kappa shape index (κ2) is 61.1. The van der Waals surface area contributed by atoms with E-state index in [1.54, 1.807) is 0 Å². The van der Waals surface area contributed by atoms with Crippen LogP contribution < -0.4 is 0 Å². The van der Waals surface area contributed by atoms with Crippen molar-refractivity contribution in [1.82, 2.24) is 0 Å². The van der Waals surface area contributed by atoms with Crippen molar-refractivity contribution < 1.29 is 28.6 Å². The minimum absolute atomic E-state index is 0.101. The highest BCUT2D eigenvalue weighted by Crippen LogP contribution is 2.15. The van der Waals surface area contributed by atoms with Crippen LogP contribution in [-0.2, 0) is 28.6 Å². The highest BCUT2D eigenvalue weighted by molar-refractivity contribution is 5.71. The summed E-state index contributed by atoms with van der Waals surface area (Å²) in [7, 11) is 0. The fraction of sp³-hybridized carbons (Fsp3) is 0.632. The van der Waals surface area contributed by atoms with Gasteiger partial charge in [-0.25, -0.2) is 0 Å². The van der Waals surface area contributed by atoms with Crippen molar-refractivity contribution in [1.29, 1.82) is 0 Å². The summed E-state index contributed by atoms with van der Waals surface area (Å²) >= 11 is 0. The molecular weight excluding hydrogens is 913 g/mol. The van der Waals surface area contributed by atoms with E-state index in [2.05, 4.69) is 154 Å². The number of rotatable bonds is 53. The first-order chi connectivity index (χ1) is 36.5. The molecule has 418 valence electrons. The summed E-state index contributed by atoms with van der Waals surface area (Å²) in [6.45, 7) is 6.36. The van der Waals surface area contributed by atoms with Gasteiger partial charge in [-0.2, -0.15) is 0 Å². The second-order valence-electron chi connectivity index (χ2n) is 19.5. The number of carbonyl (C=O) groups excluding carboxylic acids is 3. The maximum atomic E-state index is 12.9. The Morgan fingerprint density at radius 1 is 0.284 bits per heavy atom. The fourth-order valence-corrected chi connectivity index (χ4v) is 7.94. The van der Waals surface area contributed by atoms with E-state index >= 15 is 0 Å². The number of hydrogen-bond donors (Lipinski definition) is 0. The van der Waals surface area contributed by atoms with Crippen LogP contribution in [0.25, 0.3) is 0 Å². The molecule has 0 saturated carbocycles. The molecule has 0 aromatic rings. The van der Waals surface area contributed by atoms with Crippen molar-refractivity contribution in [3.8, 4) is 0 Å². The lowest BCUT2D eigenvalue weighted by Gasteiger charge is -2.18. The molecule has 0 saturated heterocycles. The molecule has 0 heterocycles. The second-order valence-corrected chi connectivity index (χ2v) is 19.5. The van der Waals surface area contributed by atoms with Crippen molar-refractivity contribution >= 4 is 17.9 Å². The molecule has 0 aliphatic carbocycles. The van der Waals surface area contributed by atoms with E-state index in [1.807, 2.05) is 0 Å². The first-order valence-electron chi connectivity index (χ1n) is 30.2. The van der Waals surface area contributed by atoms with Gasteiger partial charge < -0.3 is 14.2 Å². The molecule has 0 amide bonds. The third kappa shape index (κ3) is 58.4. The molecular formula is C68H110O6. The van der Waals surface area contributed by atoms with E-state index in [4.69, 9.17) is 14.2 Å². The van der Waals surface area contributed by atoms with Crippen LogP contribution in [0.15, 0.2) is 134 Å². The van der Waals surface area contributed by atoms with Gasteiger partial charge in [0, 0.05) is 19.3 Å². The normalized spacial score (nSPS) is 13.1. The maximum absolute atomic E-state index is 12.9. The van der Waals surface area contributed by atoms with E-state index in [0.717, 1.165) is 128 Å². The van der Waals surface area contributed by atoms with Crippen LogP contribution in [0.3, 0.4) is 0 Å². The molecule has 1 unspecified atom stereocenters. The molecule has 0 aromatic carbocycles. The number of carbonyl (C=O) groups is 3. The van der Waals surface area contributed by atoms with Crippen LogP contribution in [0.5, 0.6) is 0 Å². The maximum Gasteiger partial charge on any atom is 0.306 e. The molecule has 74 heavy (non-hydrogen) atoms. The van der Waals surface area contributed by atoms with Gasteiger partial charge in [-0.3, -0.25) is 14.4 Å². The van der Waals surface area contributed by atoms with Crippen LogP contribution in [0, 0.1) is 0 Å². The molecule has 0 aliphatic rings. The first-order valence-corrected chi connectivity index (χ1v) is 30.2. The summed E-state index contributed by atoms with van der Waals surface area (Å²) in [5.74, 6) is -0.957. The van der Waals surface area contributed by atoms with Gasteiger partial charge in [0.15, 0.2) is 6.10 Å². The van der Waals surface area contributed by atoms with E-state index < -0.39 is 6.10 Å². The molecule has 0 aromatic heterocycles. The third-order valence-electron chi connectivity index (χ3n) is 12.4. The van der Waals surface area contributed by atoms with Crippen LogP contribution >= 0.6 is 0 Å². The Hall–Kier alpha value is -4.45. The summed E-state index contributed by atoms with van der Waals surface area (Å²) in [5.41, 5.74) is 0. The predicted octanol–water partition coefficient (Wildman–Crippen LogP) is 20.6. The van der Waals surface area contributed by atoms with Crippen LogP contribution in [0.2, 0.25) is 0 Å². The lowest BCUT2D eigenvalue weighted by atomic mass is 10.0. The van der Waals surface area contributed by atoms with E-state index in [-0.39, 0.29) is 37.5 Å². The SMILES string of the molecule is CC/C=C\C/C=C\C/C=C\C/C=C\C/C=C\C/C=C\CCCCC(=O)OC(COC(=O)CCCCCCCCC/C=C\C/C=C\C/C=C\C/C=C\C/C=C\CC)COC(=O)CCCCCCCCCCCCCC. The van der Waals surface area contributed by atoms with Gasteiger partial charge in [-0.1, -0.05) is 257 Å². The number of ether oxygens (including phenoxy) is 3. The Morgan fingerprint density at radius 2 is 0.527 bits per heavy atom. The van der Waals surface area contributed by atoms with E-state index in [0.29, 0.717) is 19.3 Å². The highest BCUT2D eigenvalue weighted by Gasteiger charge is 2.19. The van der Waals surface area contributed by atoms with Gasteiger partial charge in [0.25, 0.3) is 0 Å². The Bertz CT molecular complexity index is 1600. The minimum Gasteiger partial charge on any atom is -0.462 e. The van der Waals surface area contributed by atoms with Gasteiger partial charge in [-0.15, -0.1) is 0 Å². The van der Waals surface area contributed by atoms with E-state index in [9.17, 15) is 14.4 Å². The summed E-state index contributed by atoms with van der Waals surface area (Å²) in [4.78, 5) is 38.2. The van der Waals surface area contributed by atoms with Gasteiger partial charge in [-0.05, 0) is 116 Å². The monoisotopic (exact) mass is 1020 g/mol. The molecule has 0 bridgehead atoms. The molecule has 1 atom stereocenters. The van der Waals surface area contributed by atoms with Crippen LogP contribution in [0.1, 0.15) is 258 Å². The first kappa shape index (κ1) is 69.5. The van der Waals surface area contributed by atoms with Crippen molar-refractivity contribution in [2.45, 2.75) is 264 Å². The van der Waals surface area contributed by atoms with Gasteiger partial charge in [0.1, 0.15) is 13.2 Å². The standard InChI is InChI=1S/C68H110O6/c1-4-7-10-13-16-19-22-25-27-29-31-33-34-36-37-39-41-43-46-49-52-55-58-61-67(70)73-64-65(63-72-66(69)60-57-54-51-48-45-24-21-18-15-12-9-6-3)74-68(71)62-59-56-53-50-47-44-42-40-38-35-32-30-28-26-23-20-17-14-11-8-5-2/h7-8,10-11,16-17,19-20,25-28,31-33,35-37,40,42,47,50,65H,4-6,9,12-15,18,21-24,29-30,34,38-39,41,43-46,48-49,51-64H2,1-3H3/b10-7-,11-8-,19-16-,20-17-,27-25-,28-26-,33-31-,35-32-,37-36-,42-40-,50-47-. The summed E-state index contributed by atoms with van der Waals surface area (Å²) in [6, 6.07) is 0. The fourth-order valence-electron chi connectivity index (χ4n) is 7.94. The average Bonchev–Trinajstić information content (AvgIpc) is 3.40. The molecule has 0 spiro atoms. The molecule has 0 rings (SSSR count). The summed E-state index contributed by atoms with van der Waals surface area (Å²) in [6.07, 6.45) is 85.9. The molecule has 0 radical (unpaired) electrons. The van der Waals surface area contributed by atoms with Crippen molar-refractivity contribution in [3.63, 3.8) is 0 Å². The Balaban J connectivity index is 4.46. The zero-order valence-corrected chi connectivity index (χ0v) is 47.8. The predicted molar refractivity (Wildman–Crippen MR) is 320 cm³/mol. The Morgan fingerprint density at radius 3 is 0.851 bits per heavy atom. The molecule has 6 nitrogen and oxygen atoms in total. The highest BCUT2D eigenvalue weighted by atomic mass is 16.6. The molecule has 0 aliphatic heterocycles. The number of esters is 3. The van der Waals surface area contributed by atoms with Crippen molar-refractivity contribution in [3.05, 3.63) is 134 Å². The molecule has 0 fully saturated rings. The van der Waals surface area contributed by atoms with Gasteiger partial charge in [0.05, 0.1) is 0 Å². The topological polar surface area (TPSA) is 78.9 Å². The summed E-state index contributed by atoms with van der Waals surface area (Å²) in [5, 5.41) is 0. The van der Waals surface area contributed by atoms with E-state index in [1.165, 1.54) is 83.5 Å². The summed E-state index contributed by atoms with van der Waals surface area (Å²) < 4.78 is 16.8. The lowest BCUT2D eigenvalue weighted by molar-refractivity contribution is -0.167.